The lowest BCUT2D eigenvalue weighted by Gasteiger charge is -2.22. The molecule has 3 nitrogen and oxygen atoms in total. The van der Waals surface area contributed by atoms with Gasteiger partial charge in [0.05, 0.1) is 6.61 Å². The Morgan fingerprint density at radius 2 is 2.12 bits per heavy atom. The van der Waals surface area contributed by atoms with E-state index in [1.165, 1.54) is 0 Å². The summed E-state index contributed by atoms with van der Waals surface area (Å²) in [4.78, 5) is 0. The summed E-state index contributed by atoms with van der Waals surface area (Å²) >= 11 is 3.47. The van der Waals surface area contributed by atoms with E-state index < -0.39 is 0 Å². The monoisotopic (exact) mass is 299 g/mol. The number of halogens is 1. The summed E-state index contributed by atoms with van der Waals surface area (Å²) in [6.07, 6.45) is 2.19. The van der Waals surface area contributed by atoms with Gasteiger partial charge in [0.15, 0.2) is 0 Å². The first-order chi connectivity index (χ1) is 8.29. The van der Waals surface area contributed by atoms with Crippen molar-refractivity contribution in [2.24, 2.45) is 11.7 Å². The topological polar surface area (TPSA) is 44.5 Å². The number of nitrogens with two attached hydrogens (primary N) is 1. The van der Waals surface area contributed by atoms with Crippen molar-refractivity contribution in [1.82, 2.24) is 0 Å². The highest BCUT2D eigenvalue weighted by Crippen LogP contribution is 2.23. The van der Waals surface area contributed by atoms with Gasteiger partial charge in [-0.25, -0.2) is 0 Å². The standard InChI is InChI=1S/C13H18BrNO2/c14-13-2-1-12(7-11(13)8-15)17-9-10-3-5-16-6-4-10/h1-2,7,10H,3-6,8-9,15H2. The van der Waals surface area contributed by atoms with Crippen molar-refractivity contribution in [1.29, 1.82) is 0 Å². The van der Waals surface area contributed by atoms with E-state index in [0.29, 0.717) is 12.5 Å². The first kappa shape index (κ1) is 12.9. The maximum absolute atomic E-state index is 5.81. The summed E-state index contributed by atoms with van der Waals surface area (Å²) in [5.74, 6) is 1.52. The van der Waals surface area contributed by atoms with Crippen LogP contribution < -0.4 is 10.5 Å². The Bertz CT molecular complexity index is 364. The van der Waals surface area contributed by atoms with E-state index in [0.717, 1.165) is 48.4 Å². The highest BCUT2D eigenvalue weighted by Gasteiger charge is 2.14. The second-order valence-electron chi connectivity index (χ2n) is 4.32. The average Bonchev–Trinajstić information content (AvgIpc) is 2.39. The highest BCUT2D eigenvalue weighted by atomic mass is 79.9. The van der Waals surface area contributed by atoms with Crippen LogP contribution in [-0.4, -0.2) is 19.8 Å². The Balaban J connectivity index is 1.89. The summed E-state index contributed by atoms with van der Waals surface area (Å²) in [5.41, 5.74) is 6.73. The summed E-state index contributed by atoms with van der Waals surface area (Å²) < 4.78 is 12.2. The van der Waals surface area contributed by atoms with Gasteiger partial charge in [-0.15, -0.1) is 0 Å². The van der Waals surface area contributed by atoms with Crippen LogP contribution in [0.5, 0.6) is 5.75 Å². The van der Waals surface area contributed by atoms with Crippen molar-refractivity contribution in [2.75, 3.05) is 19.8 Å². The van der Waals surface area contributed by atoms with Gasteiger partial charge in [0.25, 0.3) is 0 Å². The fraction of sp³-hybridized carbons (Fsp3) is 0.538. The molecule has 1 heterocycles. The second kappa shape index (κ2) is 6.38. The van der Waals surface area contributed by atoms with Crippen LogP contribution >= 0.6 is 15.9 Å². The van der Waals surface area contributed by atoms with Crippen molar-refractivity contribution >= 4 is 15.9 Å². The molecule has 94 valence electrons. The van der Waals surface area contributed by atoms with E-state index in [4.69, 9.17) is 15.2 Å². The van der Waals surface area contributed by atoms with Crippen LogP contribution in [0.2, 0.25) is 0 Å². The summed E-state index contributed by atoms with van der Waals surface area (Å²) in [6.45, 7) is 3.02. The van der Waals surface area contributed by atoms with Crippen LogP contribution in [0.15, 0.2) is 22.7 Å². The molecule has 0 aliphatic carbocycles. The summed E-state index contributed by atoms with van der Waals surface area (Å²) in [5, 5.41) is 0. The molecule has 17 heavy (non-hydrogen) atoms. The molecule has 0 aromatic heterocycles. The number of benzene rings is 1. The number of hydrogen-bond acceptors (Lipinski definition) is 3. The molecule has 2 N–H and O–H groups in total. The van der Waals surface area contributed by atoms with Gasteiger partial charge in [0, 0.05) is 24.2 Å². The van der Waals surface area contributed by atoms with Gasteiger partial charge in [-0.1, -0.05) is 15.9 Å². The van der Waals surface area contributed by atoms with Gasteiger partial charge in [-0.3, -0.25) is 0 Å². The SMILES string of the molecule is NCc1cc(OCC2CCOCC2)ccc1Br. The van der Waals surface area contributed by atoms with Crippen molar-refractivity contribution < 1.29 is 9.47 Å². The fourth-order valence-electron chi connectivity index (χ4n) is 1.92. The van der Waals surface area contributed by atoms with Crippen LogP contribution in [0.1, 0.15) is 18.4 Å². The van der Waals surface area contributed by atoms with Gasteiger partial charge >= 0.3 is 0 Å². The predicted molar refractivity (Wildman–Crippen MR) is 71.1 cm³/mol. The molecular formula is C13H18BrNO2. The van der Waals surface area contributed by atoms with Gasteiger partial charge in [0.2, 0.25) is 0 Å². The smallest absolute Gasteiger partial charge is 0.119 e. The van der Waals surface area contributed by atoms with E-state index in [9.17, 15) is 0 Å². The van der Waals surface area contributed by atoms with Crippen LogP contribution in [0, 0.1) is 5.92 Å². The Kier molecular flexibility index (Phi) is 4.83. The Morgan fingerprint density at radius 3 is 2.82 bits per heavy atom. The molecule has 0 radical (unpaired) electrons. The average molecular weight is 300 g/mol. The lowest BCUT2D eigenvalue weighted by atomic mass is 10.0. The van der Waals surface area contributed by atoms with Crippen molar-refractivity contribution in [3.63, 3.8) is 0 Å². The lowest BCUT2D eigenvalue weighted by Crippen LogP contribution is -2.21. The number of rotatable bonds is 4. The molecule has 1 fully saturated rings. The maximum Gasteiger partial charge on any atom is 0.119 e. The predicted octanol–water partition coefficient (Wildman–Crippen LogP) is 2.71. The Labute approximate surface area is 110 Å². The van der Waals surface area contributed by atoms with Gasteiger partial charge in [-0.05, 0) is 42.5 Å². The minimum absolute atomic E-state index is 0.523. The fourth-order valence-corrected chi connectivity index (χ4v) is 2.33. The van der Waals surface area contributed by atoms with E-state index >= 15 is 0 Å². The maximum atomic E-state index is 5.81. The first-order valence-electron chi connectivity index (χ1n) is 5.98. The zero-order valence-corrected chi connectivity index (χ0v) is 11.4. The van der Waals surface area contributed by atoms with Gasteiger partial charge in [0.1, 0.15) is 5.75 Å². The largest absolute Gasteiger partial charge is 0.493 e. The van der Waals surface area contributed by atoms with E-state index in [-0.39, 0.29) is 0 Å². The molecule has 1 aromatic carbocycles. The third-order valence-corrected chi connectivity index (χ3v) is 3.84. The second-order valence-corrected chi connectivity index (χ2v) is 5.18. The third kappa shape index (κ3) is 3.69. The van der Waals surface area contributed by atoms with Gasteiger partial charge < -0.3 is 15.2 Å². The molecule has 0 amide bonds. The van der Waals surface area contributed by atoms with Gasteiger partial charge in [-0.2, -0.15) is 0 Å². The quantitative estimate of drug-likeness (QED) is 0.930. The summed E-state index contributed by atoms with van der Waals surface area (Å²) in [6, 6.07) is 5.97. The molecule has 1 aliphatic heterocycles. The number of hydrogen-bond donors (Lipinski definition) is 1. The number of ether oxygens (including phenoxy) is 2. The Hall–Kier alpha value is -0.580. The molecule has 1 aromatic rings. The highest BCUT2D eigenvalue weighted by molar-refractivity contribution is 9.10. The molecule has 0 unspecified atom stereocenters. The van der Waals surface area contributed by atoms with E-state index in [2.05, 4.69) is 15.9 Å². The molecule has 4 heteroatoms. The molecule has 0 bridgehead atoms. The molecule has 1 aliphatic rings. The zero-order valence-electron chi connectivity index (χ0n) is 9.82. The third-order valence-electron chi connectivity index (χ3n) is 3.06. The van der Waals surface area contributed by atoms with Crippen LogP contribution in [0.25, 0.3) is 0 Å². The van der Waals surface area contributed by atoms with E-state index in [1.54, 1.807) is 0 Å². The summed E-state index contributed by atoms with van der Waals surface area (Å²) in [7, 11) is 0. The van der Waals surface area contributed by atoms with Crippen LogP contribution in [0.4, 0.5) is 0 Å². The van der Waals surface area contributed by atoms with E-state index in [1.807, 2.05) is 18.2 Å². The molecule has 1 saturated heterocycles. The normalized spacial score (nSPS) is 17.1. The molecular weight excluding hydrogens is 282 g/mol. The molecule has 0 spiro atoms. The lowest BCUT2D eigenvalue weighted by molar-refractivity contribution is 0.0497. The zero-order chi connectivity index (χ0) is 12.1. The van der Waals surface area contributed by atoms with Crippen molar-refractivity contribution in [2.45, 2.75) is 19.4 Å². The minimum atomic E-state index is 0.523. The first-order valence-corrected chi connectivity index (χ1v) is 6.78. The molecule has 0 saturated carbocycles. The Morgan fingerprint density at radius 1 is 1.35 bits per heavy atom. The van der Waals surface area contributed by atoms with Crippen molar-refractivity contribution in [3.05, 3.63) is 28.2 Å². The molecule has 0 atom stereocenters. The van der Waals surface area contributed by atoms with Crippen LogP contribution in [0.3, 0.4) is 0 Å². The molecule has 2 rings (SSSR count). The van der Waals surface area contributed by atoms with Crippen LogP contribution in [-0.2, 0) is 11.3 Å². The van der Waals surface area contributed by atoms with Crippen molar-refractivity contribution in [3.8, 4) is 5.75 Å². The minimum Gasteiger partial charge on any atom is -0.493 e.